The van der Waals surface area contributed by atoms with Crippen molar-refractivity contribution in [3.63, 3.8) is 0 Å². The van der Waals surface area contributed by atoms with Crippen molar-refractivity contribution < 1.29 is 18.7 Å². The Morgan fingerprint density at radius 3 is 2.68 bits per heavy atom. The Kier molecular flexibility index (Phi) is 5.46. The number of nitrogens with zero attached hydrogens (tertiary/aromatic N) is 1. The number of rotatable bonds is 5. The van der Waals surface area contributed by atoms with E-state index in [4.69, 9.17) is 9.15 Å². The topological polar surface area (TPSA) is 59.8 Å². The van der Waals surface area contributed by atoms with Crippen molar-refractivity contribution in [2.24, 2.45) is 0 Å². The van der Waals surface area contributed by atoms with Gasteiger partial charge in [0.05, 0.1) is 6.26 Å². The van der Waals surface area contributed by atoms with E-state index in [-0.39, 0.29) is 12.5 Å². The minimum absolute atomic E-state index is 0.192. The molecular formula is C20H19NO4. The van der Waals surface area contributed by atoms with E-state index in [0.29, 0.717) is 18.8 Å². The highest BCUT2D eigenvalue weighted by molar-refractivity contribution is 5.89. The van der Waals surface area contributed by atoms with Crippen LogP contribution in [-0.4, -0.2) is 36.5 Å². The molecule has 0 saturated carbocycles. The Labute approximate surface area is 146 Å². The quantitative estimate of drug-likeness (QED) is 0.621. The van der Waals surface area contributed by atoms with Crippen molar-refractivity contribution in [2.75, 3.05) is 19.7 Å². The molecule has 128 valence electrons. The van der Waals surface area contributed by atoms with Gasteiger partial charge in [0, 0.05) is 19.2 Å². The molecule has 1 aliphatic rings. The van der Waals surface area contributed by atoms with E-state index in [0.717, 1.165) is 6.42 Å². The maximum Gasteiger partial charge on any atom is 0.331 e. The number of benzene rings is 1. The summed E-state index contributed by atoms with van der Waals surface area (Å²) < 4.78 is 10.1. The van der Waals surface area contributed by atoms with Crippen molar-refractivity contribution in [3.05, 3.63) is 72.2 Å². The molecule has 2 heterocycles. The van der Waals surface area contributed by atoms with Crippen LogP contribution in [0.5, 0.6) is 0 Å². The number of hydrogen-bond acceptors (Lipinski definition) is 4. The smallest absolute Gasteiger partial charge is 0.331 e. The molecule has 0 saturated heterocycles. The lowest BCUT2D eigenvalue weighted by Crippen LogP contribution is -2.37. The summed E-state index contributed by atoms with van der Waals surface area (Å²) in [7, 11) is 0. The summed E-state index contributed by atoms with van der Waals surface area (Å²) in [5.74, 6) is -0.205. The molecule has 5 nitrogen and oxygen atoms in total. The van der Waals surface area contributed by atoms with E-state index < -0.39 is 5.97 Å². The highest BCUT2D eigenvalue weighted by atomic mass is 16.5. The van der Waals surface area contributed by atoms with Crippen LogP contribution in [0.2, 0.25) is 0 Å². The first-order chi connectivity index (χ1) is 12.2. The summed E-state index contributed by atoms with van der Waals surface area (Å²) in [6.07, 6.45) is 7.11. The lowest BCUT2D eigenvalue weighted by atomic mass is 10.00. The fourth-order valence-electron chi connectivity index (χ4n) is 2.62. The van der Waals surface area contributed by atoms with Crippen LogP contribution in [0.4, 0.5) is 0 Å². The first-order valence-corrected chi connectivity index (χ1v) is 8.13. The number of esters is 1. The van der Waals surface area contributed by atoms with Gasteiger partial charge < -0.3 is 14.1 Å². The van der Waals surface area contributed by atoms with Gasteiger partial charge in [0.1, 0.15) is 5.76 Å². The van der Waals surface area contributed by atoms with Gasteiger partial charge in [-0.1, -0.05) is 36.4 Å². The van der Waals surface area contributed by atoms with Gasteiger partial charge in [-0.05, 0) is 35.8 Å². The zero-order valence-corrected chi connectivity index (χ0v) is 13.8. The van der Waals surface area contributed by atoms with Crippen LogP contribution in [-0.2, 0) is 14.3 Å². The second kappa shape index (κ2) is 8.15. The number of furan rings is 1. The van der Waals surface area contributed by atoms with Crippen LogP contribution >= 0.6 is 0 Å². The highest BCUT2D eigenvalue weighted by Gasteiger charge is 2.18. The lowest BCUT2D eigenvalue weighted by molar-refractivity contribution is -0.147. The third-order valence-corrected chi connectivity index (χ3v) is 3.97. The Bertz CT molecular complexity index is 775. The first-order valence-electron chi connectivity index (χ1n) is 8.13. The van der Waals surface area contributed by atoms with Crippen molar-refractivity contribution in [2.45, 2.75) is 6.42 Å². The minimum atomic E-state index is -0.567. The molecule has 0 unspecified atom stereocenters. The molecule has 0 radical (unpaired) electrons. The SMILES string of the molecule is O=C(/C=C/c1ccco1)OCC(=O)N1CC=C(c2ccccc2)CC1. The molecule has 1 aromatic heterocycles. The van der Waals surface area contributed by atoms with Crippen molar-refractivity contribution in [1.29, 1.82) is 0 Å². The fraction of sp³-hybridized carbons (Fsp3) is 0.200. The largest absolute Gasteiger partial charge is 0.465 e. The van der Waals surface area contributed by atoms with E-state index in [1.165, 1.54) is 29.6 Å². The highest BCUT2D eigenvalue weighted by Crippen LogP contribution is 2.21. The number of carbonyl (C=O) groups is 2. The Morgan fingerprint density at radius 2 is 2.00 bits per heavy atom. The van der Waals surface area contributed by atoms with Gasteiger partial charge in [0.25, 0.3) is 5.91 Å². The van der Waals surface area contributed by atoms with Crippen LogP contribution in [0, 0.1) is 0 Å². The molecule has 3 rings (SSSR count). The molecule has 0 spiro atoms. The predicted octanol–water partition coefficient (Wildman–Crippen LogP) is 3.15. The monoisotopic (exact) mass is 337 g/mol. The van der Waals surface area contributed by atoms with Crippen LogP contribution in [0.3, 0.4) is 0 Å². The summed E-state index contributed by atoms with van der Waals surface area (Å²) in [6.45, 7) is 0.901. The molecule has 1 amide bonds. The summed E-state index contributed by atoms with van der Waals surface area (Å²) in [4.78, 5) is 25.5. The molecule has 0 aliphatic carbocycles. The molecule has 5 heteroatoms. The van der Waals surface area contributed by atoms with Gasteiger partial charge in [0.2, 0.25) is 0 Å². The third-order valence-electron chi connectivity index (χ3n) is 3.97. The van der Waals surface area contributed by atoms with E-state index in [1.807, 2.05) is 18.2 Å². The van der Waals surface area contributed by atoms with Crippen LogP contribution in [0.25, 0.3) is 11.6 Å². The molecule has 25 heavy (non-hydrogen) atoms. The second-order valence-electron chi connectivity index (χ2n) is 5.64. The zero-order valence-electron chi connectivity index (χ0n) is 13.8. The third kappa shape index (κ3) is 4.70. The van der Waals surface area contributed by atoms with Crippen molar-refractivity contribution in [1.82, 2.24) is 4.90 Å². The van der Waals surface area contributed by atoms with E-state index in [9.17, 15) is 9.59 Å². The van der Waals surface area contributed by atoms with Crippen molar-refractivity contribution >= 4 is 23.5 Å². The van der Waals surface area contributed by atoms with Crippen LogP contribution in [0.1, 0.15) is 17.7 Å². The van der Waals surface area contributed by atoms with E-state index in [1.54, 1.807) is 17.0 Å². The molecular weight excluding hydrogens is 318 g/mol. The Morgan fingerprint density at radius 1 is 1.16 bits per heavy atom. The normalized spacial score (nSPS) is 14.4. The summed E-state index contributed by atoms with van der Waals surface area (Å²) in [5, 5.41) is 0. The second-order valence-corrected chi connectivity index (χ2v) is 5.64. The lowest BCUT2D eigenvalue weighted by Gasteiger charge is -2.26. The van der Waals surface area contributed by atoms with Gasteiger partial charge in [0.15, 0.2) is 6.61 Å². The first kappa shape index (κ1) is 16.8. The molecule has 0 bridgehead atoms. The van der Waals surface area contributed by atoms with Gasteiger partial charge in [-0.2, -0.15) is 0 Å². The predicted molar refractivity (Wildman–Crippen MR) is 94.3 cm³/mol. The van der Waals surface area contributed by atoms with E-state index in [2.05, 4.69) is 18.2 Å². The average molecular weight is 337 g/mol. The maximum absolute atomic E-state index is 12.2. The van der Waals surface area contributed by atoms with Crippen LogP contribution < -0.4 is 0 Å². The molecule has 0 N–H and O–H groups in total. The average Bonchev–Trinajstić information content (AvgIpc) is 3.19. The number of hydrogen-bond donors (Lipinski definition) is 0. The Hall–Kier alpha value is -3.08. The van der Waals surface area contributed by atoms with Gasteiger partial charge >= 0.3 is 5.97 Å². The maximum atomic E-state index is 12.2. The van der Waals surface area contributed by atoms with Crippen LogP contribution in [0.15, 0.2) is 65.3 Å². The number of carbonyl (C=O) groups excluding carboxylic acids is 2. The minimum Gasteiger partial charge on any atom is -0.465 e. The van der Waals surface area contributed by atoms with E-state index >= 15 is 0 Å². The summed E-state index contributed by atoms with van der Waals surface area (Å²) in [5.41, 5.74) is 2.42. The van der Waals surface area contributed by atoms with Gasteiger partial charge in [-0.15, -0.1) is 0 Å². The molecule has 0 fully saturated rings. The zero-order chi connectivity index (χ0) is 17.5. The number of amides is 1. The molecule has 1 aliphatic heterocycles. The fourth-order valence-corrected chi connectivity index (χ4v) is 2.62. The standard InChI is InChI=1S/C20H19NO4/c22-19(15-25-20(23)9-8-18-7-4-14-24-18)21-12-10-17(11-13-21)16-5-2-1-3-6-16/h1-10,14H,11-13,15H2/b9-8+. The van der Waals surface area contributed by atoms with Gasteiger partial charge in [-0.3, -0.25) is 4.79 Å². The Balaban J connectivity index is 1.46. The van der Waals surface area contributed by atoms with Crippen molar-refractivity contribution in [3.8, 4) is 0 Å². The summed E-state index contributed by atoms with van der Waals surface area (Å²) in [6, 6.07) is 13.6. The molecule has 0 atom stereocenters. The van der Waals surface area contributed by atoms with Gasteiger partial charge in [-0.25, -0.2) is 4.79 Å². The number of ether oxygens (including phenoxy) is 1. The molecule has 2 aromatic rings. The summed E-state index contributed by atoms with van der Waals surface area (Å²) >= 11 is 0. The molecule has 1 aromatic carbocycles.